The van der Waals surface area contributed by atoms with Crippen LogP contribution in [0.3, 0.4) is 0 Å². The summed E-state index contributed by atoms with van der Waals surface area (Å²) in [6.07, 6.45) is -0.202. The fourth-order valence-electron chi connectivity index (χ4n) is 5.26. The summed E-state index contributed by atoms with van der Waals surface area (Å²) in [6.45, 7) is 7.59. The summed E-state index contributed by atoms with van der Waals surface area (Å²) in [6, 6.07) is 11.9. The van der Waals surface area contributed by atoms with E-state index >= 15 is 0 Å². The van der Waals surface area contributed by atoms with Gasteiger partial charge in [-0.2, -0.15) is 4.98 Å². The summed E-state index contributed by atoms with van der Waals surface area (Å²) in [7, 11) is -3.87. The minimum absolute atomic E-state index is 0.121. The van der Waals surface area contributed by atoms with Gasteiger partial charge < -0.3 is 25.4 Å². The first-order valence-corrected chi connectivity index (χ1v) is 17.2. The molecular formula is C32H43F3N6O5S. The maximum atomic E-state index is 12.7. The van der Waals surface area contributed by atoms with Crippen LogP contribution in [0, 0.1) is 11.8 Å². The van der Waals surface area contributed by atoms with E-state index in [1.165, 1.54) is 0 Å². The standard InChI is InChI=1S/C32H43F3N6O5S/c1-31(2,3)46-30(42)37-19-7-6-18-36-28-26-8-4-5-9-27(26)40-29(41-28)38-20-22-10-12-23(13-11-22)21-39-47(43,44)25-16-14-24(15-17-25)45-32(33,34)35/h4-5,8-9,14-17,22-23,39H,6-7,10-13,18-21H2,1-3H3,(H,37,42)(H2,36,38,40,41)/t22-,23-. The van der Waals surface area contributed by atoms with E-state index in [2.05, 4.69) is 30.4 Å². The molecule has 0 bridgehead atoms. The Labute approximate surface area is 273 Å². The number of rotatable bonds is 14. The number of amides is 1. The fraction of sp³-hybridized carbons (Fsp3) is 0.531. The van der Waals surface area contributed by atoms with E-state index in [1.54, 1.807) is 0 Å². The van der Waals surface area contributed by atoms with Crippen LogP contribution in [0.25, 0.3) is 10.9 Å². The molecule has 47 heavy (non-hydrogen) atoms. The van der Waals surface area contributed by atoms with E-state index in [9.17, 15) is 26.4 Å². The molecule has 1 aromatic heterocycles. The molecular weight excluding hydrogens is 637 g/mol. The summed E-state index contributed by atoms with van der Waals surface area (Å²) in [5.41, 5.74) is 0.285. The zero-order chi connectivity index (χ0) is 34.1. The van der Waals surface area contributed by atoms with Gasteiger partial charge in [0.25, 0.3) is 0 Å². The number of anilines is 2. The number of nitrogens with zero attached hydrogens (tertiary/aromatic N) is 2. The van der Waals surface area contributed by atoms with Gasteiger partial charge in [-0.05, 0) is 108 Å². The van der Waals surface area contributed by atoms with Crippen LogP contribution in [0.2, 0.25) is 0 Å². The zero-order valence-electron chi connectivity index (χ0n) is 26.8. The van der Waals surface area contributed by atoms with Crippen LogP contribution < -0.4 is 25.4 Å². The lowest BCUT2D eigenvalue weighted by Crippen LogP contribution is -2.33. The molecule has 1 aliphatic carbocycles. The predicted octanol–water partition coefficient (Wildman–Crippen LogP) is 6.44. The first kappa shape index (κ1) is 36.0. The molecule has 11 nitrogen and oxygen atoms in total. The van der Waals surface area contributed by atoms with Gasteiger partial charge in [0, 0.05) is 31.6 Å². The molecule has 3 aromatic rings. The van der Waals surface area contributed by atoms with Crippen molar-refractivity contribution in [3.05, 3.63) is 48.5 Å². The van der Waals surface area contributed by atoms with Crippen LogP contribution >= 0.6 is 0 Å². The van der Waals surface area contributed by atoms with Crippen molar-refractivity contribution in [2.75, 3.05) is 36.8 Å². The minimum atomic E-state index is -4.85. The monoisotopic (exact) mass is 680 g/mol. The number of ether oxygens (including phenoxy) is 2. The smallest absolute Gasteiger partial charge is 0.444 e. The maximum Gasteiger partial charge on any atom is 0.573 e. The normalized spacial score (nSPS) is 17.2. The van der Waals surface area contributed by atoms with Gasteiger partial charge in [-0.15, -0.1) is 13.2 Å². The molecule has 15 heteroatoms. The molecule has 0 spiro atoms. The van der Waals surface area contributed by atoms with Gasteiger partial charge in [-0.1, -0.05) is 12.1 Å². The number of alkyl carbamates (subject to hydrolysis) is 1. The van der Waals surface area contributed by atoms with E-state index < -0.39 is 33.8 Å². The van der Waals surface area contributed by atoms with E-state index in [4.69, 9.17) is 9.72 Å². The summed E-state index contributed by atoms with van der Waals surface area (Å²) < 4.78 is 74.1. The van der Waals surface area contributed by atoms with Gasteiger partial charge in [0.15, 0.2) is 0 Å². The Hall–Kier alpha value is -3.85. The molecule has 258 valence electrons. The van der Waals surface area contributed by atoms with Crippen molar-refractivity contribution in [3.63, 3.8) is 0 Å². The molecule has 1 heterocycles. The van der Waals surface area contributed by atoms with Crippen LogP contribution in [0.15, 0.2) is 53.4 Å². The molecule has 0 saturated heterocycles. The summed E-state index contributed by atoms with van der Waals surface area (Å²) in [5.74, 6) is 1.30. The minimum Gasteiger partial charge on any atom is -0.444 e. The second kappa shape index (κ2) is 15.8. The maximum absolute atomic E-state index is 12.7. The number of alkyl halides is 3. The third-order valence-corrected chi connectivity index (χ3v) is 9.05. The second-order valence-corrected chi connectivity index (χ2v) is 14.4. The highest BCUT2D eigenvalue weighted by molar-refractivity contribution is 7.89. The molecule has 0 unspecified atom stereocenters. The third kappa shape index (κ3) is 12.0. The van der Waals surface area contributed by atoms with Crippen LogP contribution in [0.1, 0.15) is 59.3 Å². The van der Waals surface area contributed by atoms with Crippen LogP contribution in [0.4, 0.5) is 29.7 Å². The molecule has 1 aliphatic rings. The molecule has 1 saturated carbocycles. The van der Waals surface area contributed by atoms with Crippen molar-refractivity contribution < 1.29 is 35.9 Å². The van der Waals surface area contributed by atoms with Crippen molar-refractivity contribution >= 4 is 38.8 Å². The molecule has 4 N–H and O–H groups in total. The largest absolute Gasteiger partial charge is 0.573 e. The second-order valence-electron chi connectivity index (χ2n) is 12.6. The first-order valence-electron chi connectivity index (χ1n) is 15.7. The van der Waals surface area contributed by atoms with Crippen molar-refractivity contribution in [1.29, 1.82) is 0 Å². The number of carbonyl (C=O) groups is 1. The topological polar surface area (TPSA) is 144 Å². The number of fused-ring (bicyclic) bond motifs is 1. The Morgan fingerprint density at radius 3 is 2.17 bits per heavy atom. The first-order chi connectivity index (χ1) is 22.2. The number of hydrogen-bond donors (Lipinski definition) is 4. The molecule has 0 aliphatic heterocycles. The highest BCUT2D eigenvalue weighted by atomic mass is 32.2. The summed E-state index contributed by atoms with van der Waals surface area (Å²) >= 11 is 0. The highest BCUT2D eigenvalue weighted by Gasteiger charge is 2.31. The Morgan fingerprint density at radius 1 is 0.872 bits per heavy atom. The number of nitrogens with one attached hydrogen (secondary N) is 4. The zero-order valence-corrected chi connectivity index (χ0v) is 27.6. The van der Waals surface area contributed by atoms with Crippen LogP contribution in [0.5, 0.6) is 5.75 Å². The average molecular weight is 681 g/mol. The van der Waals surface area contributed by atoms with Crippen molar-refractivity contribution in [2.24, 2.45) is 11.8 Å². The Bertz CT molecular complexity index is 1570. The summed E-state index contributed by atoms with van der Waals surface area (Å²) in [5, 5.41) is 10.5. The molecule has 2 aromatic carbocycles. The lowest BCUT2D eigenvalue weighted by Gasteiger charge is -2.28. The number of carbonyl (C=O) groups excluding carboxylic acids is 1. The average Bonchev–Trinajstić information content (AvgIpc) is 3.00. The van der Waals surface area contributed by atoms with Crippen molar-refractivity contribution in [2.45, 2.75) is 76.2 Å². The van der Waals surface area contributed by atoms with Crippen molar-refractivity contribution in [3.8, 4) is 5.75 Å². The molecule has 0 atom stereocenters. The Balaban J connectivity index is 1.21. The Kier molecular flexibility index (Phi) is 12.1. The number of unbranched alkanes of at least 4 members (excludes halogenated alkanes) is 1. The van der Waals surface area contributed by atoms with Gasteiger partial charge in [0.05, 0.1) is 10.4 Å². The Morgan fingerprint density at radius 2 is 1.51 bits per heavy atom. The molecule has 4 rings (SSSR count). The highest BCUT2D eigenvalue weighted by Crippen LogP contribution is 2.30. The number of para-hydroxylation sites is 1. The van der Waals surface area contributed by atoms with Gasteiger partial charge in [-0.3, -0.25) is 0 Å². The van der Waals surface area contributed by atoms with E-state index in [0.29, 0.717) is 31.5 Å². The molecule has 0 radical (unpaired) electrons. The lowest BCUT2D eigenvalue weighted by atomic mass is 9.82. The van der Waals surface area contributed by atoms with E-state index in [-0.39, 0.29) is 17.4 Å². The molecule has 1 fully saturated rings. The number of sulfonamides is 1. The third-order valence-electron chi connectivity index (χ3n) is 7.61. The fourth-order valence-corrected chi connectivity index (χ4v) is 6.37. The number of aromatic nitrogens is 2. The summed E-state index contributed by atoms with van der Waals surface area (Å²) in [4.78, 5) is 21.1. The number of benzene rings is 2. The van der Waals surface area contributed by atoms with Gasteiger partial charge in [0.2, 0.25) is 16.0 Å². The lowest BCUT2D eigenvalue weighted by molar-refractivity contribution is -0.274. The number of halogens is 3. The van der Waals surface area contributed by atoms with Crippen LogP contribution in [-0.2, 0) is 14.8 Å². The SMILES string of the molecule is CC(C)(C)OC(=O)NCCCCNc1nc(NC[C@H]2CC[C@H](CNS(=O)(=O)c3ccc(OC(F)(F)F)cc3)CC2)nc2ccccc12. The van der Waals surface area contributed by atoms with Gasteiger partial charge >= 0.3 is 12.5 Å². The van der Waals surface area contributed by atoms with E-state index in [0.717, 1.165) is 79.5 Å². The molecule has 1 amide bonds. The van der Waals surface area contributed by atoms with Gasteiger partial charge in [0.1, 0.15) is 17.2 Å². The van der Waals surface area contributed by atoms with E-state index in [1.807, 2.05) is 45.0 Å². The van der Waals surface area contributed by atoms with Crippen LogP contribution in [-0.4, -0.2) is 62.6 Å². The quantitative estimate of drug-likeness (QED) is 0.141. The predicted molar refractivity (Wildman–Crippen MR) is 174 cm³/mol. The van der Waals surface area contributed by atoms with Crippen molar-refractivity contribution in [1.82, 2.24) is 20.0 Å². The van der Waals surface area contributed by atoms with Gasteiger partial charge in [-0.25, -0.2) is 22.9 Å². The number of hydrogen-bond acceptors (Lipinski definition) is 9.